The second kappa shape index (κ2) is 6.35. The lowest BCUT2D eigenvalue weighted by Gasteiger charge is -2.35. The molecule has 0 unspecified atom stereocenters. The number of para-hydroxylation sites is 1. The molecule has 3 heterocycles. The van der Waals surface area contributed by atoms with Crippen LogP contribution in [0.25, 0.3) is 10.9 Å². The number of carbonyl (C=O) groups excluding carboxylic acids is 1. The summed E-state index contributed by atoms with van der Waals surface area (Å²) in [4.78, 5) is 39.5. The number of amides is 1. The molecule has 4 rings (SSSR count). The van der Waals surface area contributed by atoms with Gasteiger partial charge in [0.15, 0.2) is 0 Å². The lowest BCUT2D eigenvalue weighted by Crippen LogP contribution is -2.49. The van der Waals surface area contributed by atoms with Crippen LogP contribution in [0.15, 0.2) is 53.5 Å². The molecular weight excluding hydrogens is 318 g/mol. The highest BCUT2D eigenvalue weighted by atomic mass is 16.2. The number of hydrogen-bond acceptors (Lipinski definition) is 5. The number of anilines is 1. The molecule has 0 atom stereocenters. The number of aromatic amines is 1. The minimum absolute atomic E-state index is 0.206. The van der Waals surface area contributed by atoms with Crippen molar-refractivity contribution in [1.29, 1.82) is 0 Å². The predicted octanol–water partition coefficient (Wildman–Crippen LogP) is 1.28. The first-order valence-electron chi connectivity index (χ1n) is 8.17. The molecule has 1 amide bonds. The molecule has 1 N–H and O–H groups in total. The molecule has 0 bridgehead atoms. The lowest BCUT2D eigenvalue weighted by molar-refractivity contribution is 0.0742. The molecule has 0 aliphatic carbocycles. The number of nitrogens with one attached hydrogen (secondary N) is 1. The monoisotopic (exact) mass is 335 g/mol. The maximum atomic E-state index is 12.9. The topological polar surface area (TPSA) is 82.2 Å². The average molecular weight is 335 g/mol. The standard InChI is InChI=1S/C18H17N5O2/c24-17(16-13-5-1-2-6-14(13)20-18(25)21-16)23-11-9-22(10-12-23)15-7-3-4-8-19-15/h1-8H,9-12H2,(H,20,21,25). The smallest absolute Gasteiger partial charge is 0.346 e. The van der Waals surface area contributed by atoms with Gasteiger partial charge in [-0.1, -0.05) is 24.3 Å². The van der Waals surface area contributed by atoms with E-state index in [4.69, 9.17) is 0 Å². The van der Waals surface area contributed by atoms with E-state index in [1.165, 1.54) is 0 Å². The van der Waals surface area contributed by atoms with Gasteiger partial charge in [0.2, 0.25) is 0 Å². The van der Waals surface area contributed by atoms with Gasteiger partial charge in [-0.25, -0.2) is 9.78 Å². The zero-order valence-electron chi connectivity index (χ0n) is 13.6. The summed E-state index contributed by atoms with van der Waals surface area (Å²) in [6.45, 7) is 2.53. The average Bonchev–Trinajstić information content (AvgIpc) is 2.67. The number of H-pyrrole nitrogens is 1. The van der Waals surface area contributed by atoms with Gasteiger partial charge >= 0.3 is 5.69 Å². The molecule has 126 valence electrons. The Labute approximate surface area is 143 Å². The van der Waals surface area contributed by atoms with Crippen LogP contribution in [-0.4, -0.2) is 51.9 Å². The maximum absolute atomic E-state index is 12.9. The first kappa shape index (κ1) is 15.3. The summed E-state index contributed by atoms with van der Waals surface area (Å²) in [6, 6.07) is 13.0. The zero-order chi connectivity index (χ0) is 17.2. The number of carbonyl (C=O) groups is 1. The van der Waals surface area contributed by atoms with Crippen LogP contribution in [0.1, 0.15) is 10.5 Å². The Morgan fingerprint density at radius 1 is 1.00 bits per heavy atom. The van der Waals surface area contributed by atoms with E-state index in [0.29, 0.717) is 37.1 Å². The summed E-state index contributed by atoms with van der Waals surface area (Å²) >= 11 is 0. The third-order valence-electron chi connectivity index (χ3n) is 4.38. The summed E-state index contributed by atoms with van der Waals surface area (Å²) in [7, 11) is 0. The minimum atomic E-state index is -0.505. The van der Waals surface area contributed by atoms with Crippen LogP contribution < -0.4 is 10.6 Å². The van der Waals surface area contributed by atoms with Crippen LogP contribution in [0.5, 0.6) is 0 Å². The highest BCUT2D eigenvalue weighted by Gasteiger charge is 2.25. The van der Waals surface area contributed by atoms with Crippen molar-refractivity contribution in [3.63, 3.8) is 0 Å². The van der Waals surface area contributed by atoms with Crippen molar-refractivity contribution in [2.24, 2.45) is 0 Å². The van der Waals surface area contributed by atoms with Crippen molar-refractivity contribution in [3.8, 4) is 0 Å². The molecule has 0 radical (unpaired) electrons. The third kappa shape index (κ3) is 2.96. The molecule has 7 nitrogen and oxygen atoms in total. The molecule has 25 heavy (non-hydrogen) atoms. The Morgan fingerprint density at radius 3 is 2.52 bits per heavy atom. The number of pyridine rings is 1. The van der Waals surface area contributed by atoms with Gasteiger partial charge in [0.1, 0.15) is 11.5 Å². The van der Waals surface area contributed by atoms with Gasteiger partial charge < -0.3 is 14.8 Å². The largest absolute Gasteiger partial charge is 0.353 e. The van der Waals surface area contributed by atoms with E-state index in [-0.39, 0.29) is 11.6 Å². The van der Waals surface area contributed by atoms with Gasteiger partial charge in [0.05, 0.1) is 5.52 Å². The number of benzene rings is 1. The molecule has 1 aliphatic rings. The van der Waals surface area contributed by atoms with E-state index in [9.17, 15) is 9.59 Å². The Kier molecular flexibility index (Phi) is 3.89. The van der Waals surface area contributed by atoms with E-state index < -0.39 is 5.69 Å². The van der Waals surface area contributed by atoms with Gasteiger partial charge in [0.25, 0.3) is 5.91 Å². The molecule has 1 aromatic carbocycles. The summed E-state index contributed by atoms with van der Waals surface area (Å²) in [5.41, 5.74) is 0.331. The number of hydrogen-bond donors (Lipinski definition) is 1. The van der Waals surface area contributed by atoms with E-state index in [1.54, 1.807) is 23.2 Å². The Balaban J connectivity index is 1.56. The maximum Gasteiger partial charge on any atom is 0.346 e. The molecule has 1 aliphatic heterocycles. The molecule has 7 heteroatoms. The second-order valence-electron chi connectivity index (χ2n) is 5.90. The number of aromatic nitrogens is 3. The fourth-order valence-electron chi connectivity index (χ4n) is 3.10. The van der Waals surface area contributed by atoms with Crippen LogP contribution in [0, 0.1) is 0 Å². The van der Waals surface area contributed by atoms with Gasteiger partial charge in [-0.3, -0.25) is 4.79 Å². The molecular formula is C18H17N5O2. The van der Waals surface area contributed by atoms with Gasteiger partial charge in [-0.15, -0.1) is 0 Å². The quantitative estimate of drug-likeness (QED) is 0.763. The third-order valence-corrected chi connectivity index (χ3v) is 4.38. The van der Waals surface area contributed by atoms with Gasteiger partial charge in [-0.05, 0) is 18.2 Å². The molecule has 0 saturated carbocycles. The number of rotatable bonds is 2. The Bertz CT molecular complexity index is 962. The normalized spacial score (nSPS) is 14.7. The van der Waals surface area contributed by atoms with Crippen LogP contribution in [-0.2, 0) is 0 Å². The summed E-state index contributed by atoms with van der Waals surface area (Å²) in [5, 5.41) is 0.666. The summed E-state index contributed by atoms with van der Waals surface area (Å²) in [5.74, 6) is 0.706. The van der Waals surface area contributed by atoms with Crippen LogP contribution in [0.3, 0.4) is 0 Å². The molecule has 0 spiro atoms. The van der Waals surface area contributed by atoms with Crippen LogP contribution in [0.4, 0.5) is 5.82 Å². The lowest BCUT2D eigenvalue weighted by atomic mass is 10.1. The van der Waals surface area contributed by atoms with Crippen molar-refractivity contribution in [2.45, 2.75) is 0 Å². The van der Waals surface area contributed by atoms with E-state index in [1.807, 2.05) is 30.3 Å². The van der Waals surface area contributed by atoms with E-state index in [2.05, 4.69) is 19.9 Å². The second-order valence-corrected chi connectivity index (χ2v) is 5.90. The number of nitrogens with zero attached hydrogens (tertiary/aromatic N) is 4. The highest BCUT2D eigenvalue weighted by molar-refractivity contribution is 6.04. The van der Waals surface area contributed by atoms with Gasteiger partial charge in [0, 0.05) is 37.8 Å². The van der Waals surface area contributed by atoms with E-state index in [0.717, 1.165) is 5.82 Å². The SMILES string of the molecule is O=C(c1nc(=O)[nH]c2ccccc12)N1CCN(c2ccccn2)CC1. The number of piperazine rings is 1. The highest BCUT2D eigenvalue weighted by Crippen LogP contribution is 2.17. The predicted molar refractivity (Wildman–Crippen MR) is 94.7 cm³/mol. The summed E-state index contributed by atoms with van der Waals surface area (Å²) in [6.07, 6.45) is 1.76. The van der Waals surface area contributed by atoms with Crippen molar-refractivity contribution >= 4 is 22.6 Å². The molecule has 3 aromatic rings. The molecule has 1 saturated heterocycles. The van der Waals surface area contributed by atoms with E-state index >= 15 is 0 Å². The Hall–Kier alpha value is -3.22. The summed E-state index contributed by atoms with van der Waals surface area (Å²) < 4.78 is 0. The minimum Gasteiger partial charge on any atom is -0.353 e. The number of fused-ring (bicyclic) bond motifs is 1. The zero-order valence-corrected chi connectivity index (χ0v) is 13.6. The Morgan fingerprint density at radius 2 is 1.76 bits per heavy atom. The first-order chi connectivity index (χ1) is 12.2. The van der Waals surface area contributed by atoms with Crippen molar-refractivity contribution in [3.05, 3.63) is 64.8 Å². The van der Waals surface area contributed by atoms with Crippen molar-refractivity contribution in [1.82, 2.24) is 19.9 Å². The molecule has 2 aromatic heterocycles. The van der Waals surface area contributed by atoms with Crippen LogP contribution >= 0.6 is 0 Å². The van der Waals surface area contributed by atoms with Crippen molar-refractivity contribution in [2.75, 3.05) is 31.1 Å². The molecule has 1 fully saturated rings. The fourth-order valence-corrected chi connectivity index (χ4v) is 3.10. The van der Waals surface area contributed by atoms with Crippen molar-refractivity contribution < 1.29 is 4.79 Å². The first-order valence-corrected chi connectivity index (χ1v) is 8.17. The van der Waals surface area contributed by atoms with Crippen LogP contribution in [0.2, 0.25) is 0 Å². The van der Waals surface area contributed by atoms with Gasteiger partial charge in [-0.2, -0.15) is 4.98 Å². The fraction of sp³-hybridized carbons (Fsp3) is 0.222.